The lowest BCUT2D eigenvalue weighted by molar-refractivity contribution is -0.215. The molecule has 14 atom stereocenters. The maximum Gasteiger partial charge on any atom is 0.326 e. The molecule has 0 amide bonds. The van der Waals surface area contributed by atoms with Crippen LogP contribution in [0.1, 0.15) is 107 Å². The molecule has 7 fully saturated rings. The van der Waals surface area contributed by atoms with Crippen LogP contribution in [0.4, 0.5) is 0 Å². The molecular formula is C40H67NO8. The number of rotatable bonds is 9. The number of fused-ring (bicyclic) bond motifs is 4. The first-order valence-electron chi connectivity index (χ1n) is 19.7. The Morgan fingerprint density at radius 1 is 1.06 bits per heavy atom. The molecule has 2 heterocycles. The van der Waals surface area contributed by atoms with Crippen molar-refractivity contribution in [2.24, 2.45) is 50.7 Å². The summed E-state index contributed by atoms with van der Waals surface area (Å²) < 4.78 is 30.6. The number of carbonyl (C=O) groups is 1. The van der Waals surface area contributed by atoms with Gasteiger partial charge in [-0.2, -0.15) is 0 Å². The predicted octanol–water partition coefficient (Wildman–Crippen LogP) is 5.23. The van der Waals surface area contributed by atoms with Crippen LogP contribution in [0.2, 0.25) is 0 Å². The molecule has 5 saturated carbocycles. The third-order valence-electron chi connectivity index (χ3n) is 16.5. The number of carbonyl (C=O) groups excluding carboxylic acids is 1. The molecule has 1 unspecified atom stereocenters. The maximum absolute atomic E-state index is 13.7. The summed E-state index contributed by atoms with van der Waals surface area (Å²) >= 11 is 0. The van der Waals surface area contributed by atoms with Gasteiger partial charge < -0.3 is 33.9 Å². The summed E-state index contributed by atoms with van der Waals surface area (Å²) in [6, 6.07) is -0.376. The fraction of sp³-hybridized carbons (Fsp3) is 0.975. The standard InChI is InChI=1S/C40H67NO8/c1-10-47-33(36(5,6)44)26-21-24(2)30-31(48-26)32(42)38(8)28-12-11-27-35(3,4)29(13-14-39(27)23-40(28,39)16-15-37(30,38)7)49-34(43)25-22-46-20-18-41(25)17-19-45-9/h24-33,42,44H,10-23H2,1-9H3/t24-,25-,26-,27+,28+,29+,30+,31+,32+,33+,37-,38-,39?,40+/m1/s1. The second-order valence-corrected chi connectivity index (χ2v) is 19.1. The summed E-state index contributed by atoms with van der Waals surface area (Å²) in [5.74, 6) is 1.41. The van der Waals surface area contributed by atoms with Crippen LogP contribution in [0.25, 0.3) is 0 Å². The van der Waals surface area contributed by atoms with Crippen molar-refractivity contribution in [2.45, 2.75) is 149 Å². The third-order valence-corrected chi connectivity index (χ3v) is 16.5. The molecule has 0 radical (unpaired) electrons. The van der Waals surface area contributed by atoms with Gasteiger partial charge in [-0.25, -0.2) is 0 Å². The Kier molecular flexibility index (Phi) is 9.23. The lowest BCUT2D eigenvalue weighted by atomic mass is 9.41. The minimum absolute atomic E-state index is 0.0249. The number of methoxy groups -OCH3 is 1. The highest BCUT2D eigenvalue weighted by Crippen LogP contribution is 2.89. The minimum Gasteiger partial charge on any atom is -0.461 e. The Morgan fingerprint density at radius 3 is 2.47 bits per heavy atom. The third kappa shape index (κ3) is 5.12. The van der Waals surface area contributed by atoms with Crippen LogP contribution in [0.15, 0.2) is 0 Å². The van der Waals surface area contributed by atoms with Gasteiger partial charge in [0.15, 0.2) is 0 Å². The minimum atomic E-state index is -1.03. The number of aliphatic hydroxyl groups is 2. The molecule has 5 aliphatic carbocycles. The van der Waals surface area contributed by atoms with Gasteiger partial charge in [-0.3, -0.25) is 9.69 Å². The number of morpholine rings is 1. The number of hydrogen-bond donors (Lipinski definition) is 2. The molecule has 2 aliphatic heterocycles. The molecule has 2 spiro atoms. The van der Waals surface area contributed by atoms with Crippen LogP contribution in [0.3, 0.4) is 0 Å². The van der Waals surface area contributed by atoms with Gasteiger partial charge in [-0.1, -0.05) is 34.6 Å². The first kappa shape index (κ1) is 36.5. The van der Waals surface area contributed by atoms with Crippen molar-refractivity contribution >= 4 is 5.97 Å². The largest absolute Gasteiger partial charge is 0.461 e. The Hall–Kier alpha value is -0.810. The van der Waals surface area contributed by atoms with Crippen LogP contribution in [-0.2, 0) is 28.5 Å². The highest BCUT2D eigenvalue weighted by Gasteiger charge is 2.84. The van der Waals surface area contributed by atoms with Gasteiger partial charge in [-0.15, -0.1) is 0 Å². The van der Waals surface area contributed by atoms with Gasteiger partial charge in [0.05, 0.1) is 43.7 Å². The van der Waals surface area contributed by atoms with Crippen molar-refractivity contribution in [3.63, 3.8) is 0 Å². The van der Waals surface area contributed by atoms with Gasteiger partial charge in [0, 0.05) is 37.6 Å². The fourth-order valence-corrected chi connectivity index (χ4v) is 14.2. The molecule has 9 heteroatoms. The maximum atomic E-state index is 13.7. The normalized spacial score (nSPS) is 49.5. The highest BCUT2D eigenvalue weighted by molar-refractivity contribution is 5.76. The van der Waals surface area contributed by atoms with Gasteiger partial charge in [0.2, 0.25) is 0 Å². The monoisotopic (exact) mass is 689 g/mol. The van der Waals surface area contributed by atoms with E-state index in [4.69, 9.17) is 23.7 Å². The van der Waals surface area contributed by atoms with Crippen LogP contribution < -0.4 is 0 Å². The zero-order valence-corrected chi connectivity index (χ0v) is 32.0. The Balaban J connectivity index is 1.11. The molecule has 280 valence electrons. The van der Waals surface area contributed by atoms with Gasteiger partial charge in [-0.05, 0) is 112 Å². The Labute approximate surface area is 295 Å². The van der Waals surface area contributed by atoms with Crippen LogP contribution in [-0.4, -0.2) is 110 Å². The lowest BCUT2D eigenvalue weighted by Gasteiger charge is -2.63. The Bertz CT molecular complexity index is 1250. The first-order chi connectivity index (χ1) is 23.0. The second kappa shape index (κ2) is 12.4. The van der Waals surface area contributed by atoms with E-state index in [-0.39, 0.29) is 63.3 Å². The van der Waals surface area contributed by atoms with Crippen molar-refractivity contribution in [3.05, 3.63) is 0 Å². The zero-order chi connectivity index (χ0) is 35.4. The quantitative estimate of drug-likeness (QED) is 0.315. The number of nitrogens with zero attached hydrogens (tertiary/aromatic N) is 1. The van der Waals surface area contributed by atoms with E-state index in [1.807, 2.05) is 20.8 Å². The zero-order valence-electron chi connectivity index (χ0n) is 32.0. The fourth-order valence-electron chi connectivity index (χ4n) is 14.2. The Morgan fingerprint density at radius 2 is 1.78 bits per heavy atom. The van der Waals surface area contributed by atoms with Crippen molar-refractivity contribution in [1.29, 1.82) is 0 Å². The SMILES string of the molecule is CCO[C@@H]([C@H]1C[C@@H](C)[C@H]2[C@H](O1)[C@H](O)[C@@]1(C)[C@@H]3CC[C@H]4C(C)(C)[C@@H](OC(=O)[C@H]5COCCN5CCOC)CCC45C[C@@]35CC[C@]21C)C(C)(C)O. The number of ether oxygens (including phenoxy) is 5. The van der Waals surface area contributed by atoms with E-state index in [2.05, 4.69) is 39.5 Å². The molecular weight excluding hydrogens is 622 g/mol. The highest BCUT2D eigenvalue weighted by atomic mass is 16.6. The number of esters is 1. The average molecular weight is 690 g/mol. The van der Waals surface area contributed by atoms with Crippen molar-refractivity contribution in [3.8, 4) is 0 Å². The van der Waals surface area contributed by atoms with E-state index >= 15 is 0 Å². The molecule has 9 nitrogen and oxygen atoms in total. The summed E-state index contributed by atoms with van der Waals surface area (Å²) in [5.41, 5.74) is -0.975. The van der Waals surface area contributed by atoms with Crippen molar-refractivity contribution in [1.82, 2.24) is 4.90 Å². The van der Waals surface area contributed by atoms with Crippen LogP contribution in [0, 0.1) is 50.7 Å². The summed E-state index contributed by atoms with van der Waals surface area (Å²) in [4.78, 5) is 15.9. The number of aliphatic hydroxyl groups excluding tert-OH is 1. The smallest absolute Gasteiger partial charge is 0.326 e. The summed E-state index contributed by atoms with van der Waals surface area (Å²) in [6.07, 6.45) is 6.99. The molecule has 7 aliphatic rings. The molecule has 2 N–H and O–H groups in total. The van der Waals surface area contributed by atoms with Gasteiger partial charge in [0.1, 0.15) is 18.2 Å². The second-order valence-electron chi connectivity index (χ2n) is 19.1. The van der Waals surface area contributed by atoms with E-state index in [0.717, 1.165) is 45.1 Å². The van der Waals surface area contributed by atoms with Gasteiger partial charge in [0.25, 0.3) is 0 Å². The van der Waals surface area contributed by atoms with E-state index in [9.17, 15) is 15.0 Å². The van der Waals surface area contributed by atoms with E-state index in [1.165, 1.54) is 12.8 Å². The number of hydrogen-bond acceptors (Lipinski definition) is 9. The first-order valence-corrected chi connectivity index (χ1v) is 19.7. The van der Waals surface area contributed by atoms with Crippen LogP contribution in [0.5, 0.6) is 0 Å². The van der Waals surface area contributed by atoms with Crippen LogP contribution >= 0.6 is 0 Å². The molecule has 0 aromatic heterocycles. The molecule has 0 aromatic rings. The molecule has 2 saturated heterocycles. The summed E-state index contributed by atoms with van der Waals surface area (Å²) in [5, 5.41) is 23.7. The molecule has 7 rings (SSSR count). The predicted molar refractivity (Wildman–Crippen MR) is 186 cm³/mol. The van der Waals surface area contributed by atoms with E-state index < -0.39 is 17.8 Å². The molecule has 0 bridgehead atoms. The van der Waals surface area contributed by atoms with E-state index in [0.29, 0.717) is 50.7 Å². The van der Waals surface area contributed by atoms with Crippen molar-refractivity contribution in [2.75, 3.05) is 46.6 Å². The lowest BCUT2D eigenvalue weighted by Crippen LogP contribution is -2.60. The van der Waals surface area contributed by atoms with Gasteiger partial charge >= 0.3 is 5.97 Å². The summed E-state index contributed by atoms with van der Waals surface area (Å²) in [6.45, 7) is 21.1. The summed E-state index contributed by atoms with van der Waals surface area (Å²) in [7, 11) is 1.70. The molecule has 49 heavy (non-hydrogen) atoms. The average Bonchev–Trinajstić information content (AvgIpc) is 3.68. The van der Waals surface area contributed by atoms with E-state index in [1.54, 1.807) is 7.11 Å². The van der Waals surface area contributed by atoms with Crippen molar-refractivity contribution < 1.29 is 38.7 Å². The topological polar surface area (TPSA) is 107 Å². The molecule has 0 aromatic carbocycles.